The van der Waals surface area contributed by atoms with E-state index >= 15 is 0 Å². The van der Waals surface area contributed by atoms with Crippen LogP contribution in [-0.4, -0.2) is 36.9 Å². The molecule has 1 heterocycles. The number of rotatable bonds is 5. The number of anilines is 2. The first-order valence-electron chi connectivity index (χ1n) is 7.83. The summed E-state index contributed by atoms with van der Waals surface area (Å²) in [5, 5.41) is 15.0. The van der Waals surface area contributed by atoms with Gasteiger partial charge in [-0.3, -0.25) is 0 Å². The molecule has 1 aromatic carbocycles. The summed E-state index contributed by atoms with van der Waals surface area (Å²) in [5.74, 6) is 0. The Bertz CT molecular complexity index is 504. The lowest BCUT2D eigenvalue weighted by Gasteiger charge is -2.29. The largest absolute Gasteiger partial charge is 0.396 e. The third kappa shape index (κ3) is 4.78. The van der Waals surface area contributed by atoms with Crippen molar-refractivity contribution in [3.05, 3.63) is 23.2 Å². The Morgan fingerprint density at radius 2 is 2.09 bits per heavy atom. The zero-order valence-electron chi connectivity index (χ0n) is 12.9. The number of halogens is 1. The molecule has 0 aliphatic carbocycles. The maximum Gasteiger partial charge on any atom is 0.319 e. The van der Waals surface area contributed by atoms with Gasteiger partial charge in [-0.25, -0.2) is 4.79 Å². The van der Waals surface area contributed by atoms with Crippen molar-refractivity contribution in [1.82, 2.24) is 5.32 Å². The van der Waals surface area contributed by atoms with Gasteiger partial charge < -0.3 is 20.6 Å². The fourth-order valence-electron chi connectivity index (χ4n) is 2.63. The monoisotopic (exact) mass is 325 g/mol. The molecule has 1 fully saturated rings. The van der Waals surface area contributed by atoms with Crippen LogP contribution in [0.3, 0.4) is 0 Å². The first kappa shape index (κ1) is 16.9. The quantitative estimate of drug-likeness (QED) is 0.778. The molecule has 3 N–H and O–H groups in total. The second-order valence-corrected chi connectivity index (χ2v) is 6.13. The van der Waals surface area contributed by atoms with Gasteiger partial charge in [0.1, 0.15) is 0 Å². The minimum atomic E-state index is -0.289. The summed E-state index contributed by atoms with van der Waals surface area (Å²) < 4.78 is 0. The number of benzene rings is 1. The van der Waals surface area contributed by atoms with Gasteiger partial charge in [-0.05, 0) is 50.8 Å². The van der Waals surface area contributed by atoms with E-state index in [1.54, 1.807) is 6.07 Å². The highest BCUT2D eigenvalue weighted by atomic mass is 35.5. The van der Waals surface area contributed by atoms with Crippen molar-refractivity contribution in [2.75, 3.05) is 29.9 Å². The van der Waals surface area contributed by atoms with E-state index in [0.29, 0.717) is 17.1 Å². The molecule has 0 aromatic heterocycles. The van der Waals surface area contributed by atoms with Gasteiger partial charge in [-0.2, -0.15) is 0 Å². The molecule has 1 aliphatic heterocycles. The average molecular weight is 326 g/mol. The lowest BCUT2D eigenvalue weighted by Crippen LogP contribution is -2.36. The number of hydrogen-bond acceptors (Lipinski definition) is 3. The number of aliphatic hydroxyl groups is 1. The second-order valence-electron chi connectivity index (χ2n) is 5.73. The predicted molar refractivity (Wildman–Crippen MR) is 90.8 cm³/mol. The Labute approximate surface area is 136 Å². The molecule has 2 amide bonds. The molecule has 0 saturated carbocycles. The SMILES string of the molecule is C[C@H](CCO)NC(=O)Nc1ccc(N2CCCCC2)c(Cl)c1. The normalized spacial score (nSPS) is 16.2. The number of nitrogens with one attached hydrogen (secondary N) is 2. The molecule has 2 rings (SSSR count). The highest BCUT2D eigenvalue weighted by Crippen LogP contribution is 2.30. The summed E-state index contributed by atoms with van der Waals surface area (Å²) in [5.41, 5.74) is 1.69. The van der Waals surface area contributed by atoms with Gasteiger partial charge in [0, 0.05) is 31.4 Å². The van der Waals surface area contributed by atoms with E-state index in [2.05, 4.69) is 15.5 Å². The fraction of sp³-hybridized carbons (Fsp3) is 0.562. The summed E-state index contributed by atoms with van der Waals surface area (Å²) in [4.78, 5) is 14.1. The van der Waals surface area contributed by atoms with Gasteiger partial charge in [0.15, 0.2) is 0 Å². The van der Waals surface area contributed by atoms with Crippen LogP contribution in [-0.2, 0) is 0 Å². The van der Waals surface area contributed by atoms with Crippen LogP contribution in [0.1, 0.15) is 32.6 Å². The lowest BCUT2D eigenvalue weighted by molar-refractivity contribution is 0.241. The minimum absolute atomic E-state index is 0.0534. The molecule has 1 atom stereocenters. The van der Waals surface area contributed by atoms with Crippen LogP contribution in [0.4, 0.5) is 16.2 Å². The van der Waals surface area contributed by atoms with E-state index in [0.717, 1.165) is 18.8 Å². The van der Waals surface area contributed by atoms with Crippen LogP contribution >= 0.6 is 11.6 Å². The minimum Gasteiger partial charge on any atom is -0.396 e. The summed E-state index contributed by atoms with van der Waals surface area (Å²) in [6, 6.07) is 5.24. The van der Waals surface area contributed by atoms with Crippen molar-refractivity contribution in [3.63, 3.8) is 0 Å². The van der Waals surface area contributed by atoms with Crippen molar-refractivity contribution >= 4 is 29.0 Å². The third-order valence-corrected chi connectivity index (χ3v) is 4.14. The molecule has 0 spiro atoms. The van der Waals surface area contributed by atoms with Gasteiger partial charge >= 0.3 is 6.03 Å². The van der Waals surface area contributed by atoms with Crippen molar-refractivity contribution in [1.29, 1.82) is 0 Å². The number of piperidine rings is 1. The molecule has 1 aromatic rings. The number of amides is 2. The number of carbonyl (C=O) groups excluding carboxylic acids is 1. The topological polar surface area (TPSA) is 64.6 Å². The Hall–Kier alpha value is -1.46. The summed E-state index contributed by atoms with van der Waals surface area (Å²) in [7, 11) is 0. The van der Waals surface area contributed by atoms with Crippen molar-refractivity contribution in [2.24, 2.45) is 0 Å². The Balaban J connectivity index is 1.95. The maximum atomic E-state index is 11.8. The van der Waals surface area contributed by atoms with Crippen LogP contribution in [0.25, 0.3) is 0 Å². The molecule has 122 valence electrons. The van der Waals surface area contributed by atoms with E-state index < -0.39 is 0 Å². The molecule has 0 unspecified atom stereocenters. The standard InChI is InChI=1S/C16H24ClN3O2/c1-12(7-10-21)18-16(22)19-13-5-6-15(14(17)11-13)20-8-3-2-4-9-20/h5-6,11-12,21H,2-4,7-10H2,1H3,(H2,18,19,22)/t12-/m1/s1. The van der Waals surface area contributed by atoms with Gasteiger partial charge in [0.05, 0.1) is 10.7 Å². The van der Waals surface area contributed by atoms with E-state index in [1.165, 1.54) is 19.3 Å². The molecule has 1 saturated heterocycles. The van der Waals surface area contributed by atoms with Gasteiger partial charge in [-0.1, -0.05) is 11.6 Å². The van der Waals surface area contributed by atoms with Crippen LogP contribution in [0, 0.1) is 0 Å². The molecule has 1 aliphatic rings. The first-order valence-corrected chi connectivity index (χ1v) is 8.21. The van der Waals surface area contributed by atoms with E-state index in [9.17, 15) is 4.79 Å². The van der Waals surface area contributed by atoms with Crippen molar-refractivity contribution < 1.29 is 9.90 Å². The number of urea groups is 1. The predicted octanol–water partition coefficient (Wildman–Crippen LogP) is 3.22. The van der Waals surface area contributed by atoms with E-state index in [1.807, 2.05) is 19.1 Å². The molecule has 0 radical (unpaired) electrons. The first-order chi connectivity index (χ1) is 10.6. The Morgan fingerprint density at radius 3 is 2.73 bits per heavy atom. The number of carbonyl (C=O) groups is 1. The molecule has 6 heteroatoms. The number of aliphatic hydroxyl groups excluding tert-OH is 1. The van der Waals surface area contributed by atoms with Gasteiger partial charge in [0.25, 0.3) is 0 Å². The number of nitrogens with zero attached hydrogens (tertiary/aromatic N) is 1. The average Bonchev–Trinajstić information content (AvgIpc) is 2.48. The molecular formula is C16H24ClN3O2. The molecule has 5 nitrogen and oxygen atoms in total. The zero-order chi connectivity index (χ0) is 15.9. The smallest absolute Gasteiger partial charge is 0.319 e. The zero-order valence-corrected chi connectivity index (χ0v) is 13.7. The van der Waals surface area contributed by atoms with Crippen molar-refractivity contribution in [3.8, 4) is 0 Å². The molecule has 0 bridgehead atoms. The van der Waals surface area contributed by atoms with Crippen LogP contribution in [0.2, 0.25) is 5.02 Å². The summed E-state index contributed by atoms with van der Waals surface area (Å²) >= 11 is 6.36. The Morgan fingerprint density at radius 1 is 1.36 bits per heavy atom. The van der Waals surface area contributed by atoms with E-state index in [4.69, 9.17) is 16.7 Å². The van der Waals surface area contributed by atoms with Crippen molar-refractivity contribution in [2.45, 2.75) is 38.6 Å². The second kappa shape index (κ2) is 8.25. The Kier molecular flexibility index (Phi) is 6.34. The summed E-state index contributed by atoms with van der Waals surface area (Å²) in [6.07, 6.45) is 4.20. The third-order valence-electron chi connectivity index (χ3n) is 3.84. The highest BCUT2D eigenvalue weighted by Gasteiger charge is 2.14. The van der Waals surface area contributed by atoms with Crippen LogP contribution in [0.5, 0.6) is 0 Å². The number of hydrogen-bond donors (Lipinski definition) is 3. The van der Waals surface area contributed by atoms with E-state index in [-0.39, 0.29) is 18.7 Å². The van der Waals surface area contributed by atoms with Crippen LogP contribution in [0.15, 0.2) is 18.2 Å². The maximum absolute atomic E-state index is 11.8. The summed E-state index contributed by atoms with van der Waals surface area (Å²) in [6.45, 7) is 3.97. The lowest BCUT2D eigenvalue weighted by atomic mass is 10.1. The van der Waals surface area contributed by atoms with Gasteiger partial charge in [0.2, 0.25) is 0 Å². The molecule has 22 heavy (non-hydrogen) atoms. The van der Waals surface area contributed by atoms with Gasteiger partial charge in [-0.15, -0.1) is 0 Å². The molecular weight excluding hydrogens is 302 g/mol. The fourth-order valence-corrected chi connectivity index (χ4v) is 2.93. The van der Waals surface area contributed by atoms with Crippen LogP contribution < -0.4 is 15.5 Å². The highest BCUT2D eigenvalue weighted by molar-refractivity contribution is 6.33.